The van der Waals surface area contributed by atoms with E-state index in [2.05, 4.69) is 5.32 Å². The SMILES string of the molecule is CCOc1cccc(NC2=C(c3ccc(C)c(C)c3)C(=O)N(Cc3ccc(C)cc3)C2=O)c1. The van der Waals surface area contributed by atoms with Crippen molar-refractivity contribution in [3.63, 3.8) is 0 Å². The first-order chi connectivity index (χ1) is 15.9. The van der Waals surface area contributed by atoms with Crippen LogP contribution >= 0.6 is 0 Å². The lowest BCUT2D eigenvalue weighted by atomic mass is 9.99. The van der Waals surface area contributed by atoms with Gasteiger partial charge in [-0.3, -0.25) is 14.5 Å². The normalized spacial score (nSPS) is 13.6. The Hall–Kier alpha value is -3.86. The number of ether oxygens (including phenoxy) is 1. The Morgan fingerprint density at radius 3 is 2.30 bits per heavy atom. The maximum atomic E-state index is 13.5. The van der Waals surface area contributed by atoms with Crippen molar-refractivity contribution in [2.75, 3.05) is 11.9 Å². The van der Waals surface area contributed by atoms with Crippen molar-refractivity contribution in [2.24, 2.45) is 0 Å². The van der Waals surface area contributed by atoms with Gasteiger partial charge in [0, 0.05) is 11.8 Å². The van der Waals surface area contributed by atoms with Gasteiger partial charge in [0.25, 0.3) is 11.8 Å². The van der Waals surface area contributed by atoms with Crippen LogP contribution < -0.4 is 10.1 Å². The molecule has 3 aromatic rings. The van der Waals surface area contributed by atoms with E-state index < -0.39 is 0 Å². The molecule has 0 atom stereocenters. The number of amides is 2. The molecule has 33 heavy (non-hydrogen) atoms. The summed E-state index contributed by atoms with van der Waals surface area (Å²) >= 11 is 0. The van der Waals surface area contributed by atoms with Crippen LogP contribution in [0.5, 0.6) is 5.75 Å². The minimum Gasteiger partial charge on any atom is -0.494 e. The van der Waals surface area contributed by atoms with Crippen molar-refractivity contribution in [1.82, 2.24) is 4.90 Å². The first-order valence-corrected chi connectivity index (χ1v) is 11.1. The largest absolute Gasteiger partial charge is 0.494 e. The summed E-state index contributed by atoms with van der Waals surface area (Å²) in [5.74, 6) is 0.0621. The number of hydrogen-bond acceptors (Lipinski definition) is 4. The minimum atomic E-state index is -0.337. The van der Waals surface area contributed by atoms with Gasteiger partial charge in [0.05, 0.1) is 18.7 Å². The number of aryl methyl sites for hydroxylation is 3. The van der Waals surface area contributed by atoms with Crippen LogP contribution in [0.3, 0.4) is 0 Å². The maximum absolute atomic E-state index is 13.5. The Morgan fingerprint density at radius 1 is 0.848 bits per heavy atom. The molecule has 168 valence electrons. The van der Waals surface area contributed by atoms with Gasteiger partial charge in [-0.15, -0.1) is 0 Å². The van der Waals surface area contributed by atoms with Crippen LogP contribution in [0.1, 0.15) is 34.7 Å². The fraction of sp³-hybridized carbons (Fsp3) is 0.214. The molecule has 0 aliphatic carbocycles. The molecule has 2 amide bonds. The van der Waals surface area contributed by atoms with Crippen LogP contribution in [0.15, 0.2) is 72.4 Å². The highest BCUT2D eigenvalue weighted by Crippen LogP contribution is 2.33. The Kier molecular flexibility index (Phi) is 6.31. The number of nitrogens with one attached hydrogen (secondary N) is 1. The van der Waals surface area contributed by atoms with Crippen LogP contribution in [0.2, 0.25) is 0 Å². The Morgan fingerprint density at radius 2 is 1.61 bits per heavy atom. The number of rotatable bonds is 7. The van der Waals surface area contributed by atoms with Crippen molar-refractivity contribution >= 4 is 23.1 Å². The molecule has 0 unspecified atom stereocenters. The average Bonchev–Trinajstić information content (AvgIpc) is 3.02. The Balaban J connectivity index is 1.74. The quantitative estimate of drug-likeness (QED) is 0.500. The van der Waals surface area contributed by atoms with E-state index in [0.29, 0.717) is 23.6 Å². The first kappa shape index (κ1) is 22.3. The van der Waals surface area contributed by atoms with Crippen molar-refractivity contribution in [3.05, 3.63) is 100 Å². The molecule has 0 bridgehead atoms. The molecular formula is C28H28N2O3. The van der Waals surface area contributed by atoms with Crippen LogP contribution in [0, 0.1) is 20.8 Å². The molecule has 0 radical (unpaired) electrons. The van der Waals surface area contributed by atoms with E-state index in [1.54, 1.807) is 0 Å². The van der Waals surface area contributed by atoms with E-state index >= 15 is 0 Å². The predicted molar refractivity (Wildman–Crippen MR) is 131 cm³/mol. The van der Waals surface area contributed by atoms with Crippen molar-refractivity contribution in [3.8, 4) is 5.75 Å². The number of carbonyl (C=O) groups is 2. The average molecular weight is 441 g/mol. The van der Waals surface area contributed by atoms with Crippen molar-refractivity contribution in [1.29, 1.82) is 0 Å². The van der Waals surface area contributed by atoms with E-state index in [4.69, 9.17) is 4.74 Å². The maximum Gasteiger partial charge on any atom is 0.278 e. The van der Waals surface area contributed by atoms with Crippen LogP contribution in [0.25, 0.3) is 5.57 Å². The summed E-state index contributed by atoms with van der Waals surface area (Å²) in [4.78, 5) is 28.3. The summed E-state index contributed by atoms with van der Waals surface area (Å²) in [6.07, 6.45) is 0. The monoisotopic (exact) mass is 440 g/mol. The molecule has 4 rings (SSSR count). The molecule has 0 saturated carbocycles. The topological polar surface area (TPSA) is 58.6 Å². The molecule has 3 aromatic carbocycles. The van der Waals surface area contributed by atoms with Gasteiger partial charge in [0.1, 0.15) is 11.4 Å². The van der Waals surface area contributed by atoms with E-state index in [-0.39, 0.29) is 24.1 Å². The number of hydrogen-bond donors (Lipinski definition) is 1. The fourth-order valence-corrected chi connectivity index (χ4v) is 3.85. The first-order valence-electron chi connectivity index (χ1n) is 11.1. The zero-order valence-corrected chi connectivity index (χ0v) is 19.4. The number of carbonyl (C=O) groups excluding carboxylic acids is 2. The second-order valence-electron chi connectivity index (χ2n) is 8.32. The van der Waals surface area contributed by atoms with Gasteiger partial charge in [0.2, 0.25) is 0 Å². The molecule has 0 spiro atoms. The standard InChI is InChI=1S/C28H28N2O3/c1-5-33-24-8-6-7-23(16-24)29-26-25(22-14-11-19(3)20(4)15-22)27(31)30(28(26)32)17-21-12-9-18(2)10-13-21/h6-16,29H,5,17H2,1-4H3. The van der Waals surface area contributed by atoms with Crippen LogP contribution in [-0.2, 0) is 16.1 Å². The fourth-order valence-electron chi connectivity index (χ4n) is 3.85. The van der Waals surface area contributed by atoms with Gasteiger partial charge >= 0.3 is 0 Å². The molecule has 5 nitrogen and oxygen atoms in total. The third kappa shape index (κ3) is 4.67. The van der Waals surface area contributed by atoms with Gasteiger partial charge in [-0.25, -0.2) is 0 Å². The van der Waals surface area contributed by atoms with Crippen molar-refractivity contribution in [2.45, 2.75) is 34.2 Å². The Bertz CT molecular complexity index is 1240. The zero-order valence-electron chi connectivity index (χ0n) is 19.4. The van der Waals surface area contributed by atoms with E-state index in [1.165, 1.54) is 4.90 Å². The molecule has 1 aliphatic rings. The summed E-state index contributed by atoms with van der Waals surface area (Å²) in [7, 11) is 0. The number of nitrogens with zero attached hydrogens (tertiary/aromatic N) is 1. The molecule has 1 aliphatic heterocycles. The van der Waals surface area contributed by atoms with Crippen molar-refractivity contribution < 1.29 is 14.3 Å². The molecule has 0 saturated heterocycles. The number of imide groups is 1. The summed E-state index contributed by atoms with van der Waals surface area (Å²) in [6, 6.07) is 21.1. The lowest BCUT2D eigenvalue weighted by molar-refractivity contribution is -0.137. The summed E-state index contributed by atoms with van der Waals surface area (Å²) in [5.41, 5.74) is 6.31. The van der Waals surface area contributed by atoms with E-state index in [9.17, 15) is 9.59 Å². The molecule has 5 heteroatoms. The lowest BCUT2D eigenvalue weighted by Gasteiger charge is -2.16. The second-order valence-corrected chi connectivity index (χ2v) is 8.32. The highest BCUT2D eigenvalue weighted by atomic mass is 16.5. The summed E-state index contributed by atoms with van der Waals surface area (Å²) in [6.45, 7) is 8.72. The van der Waals surface area contributed by atoms with Gasteiger partial charge in [0.15, 0.2) is 0 Å². The zero-order chi connectivity index (χ0) is 23.5. The number of anilines is 1. The molecule has 1 N–H and O–H groups in total. The van der Waals surface area contributed by atoms with Gasteiger partial charge in [-0.05, 0) is 62.1 Å². The van der Waals surface area contributed by atoms with Gasteiger partial charge in [-0.2, -0.15) is 0 Å². The van der Waals surface area contributed by atoms with Crippen LogP contribution in [-0.4, -0.2) is 23.3 Å². The van der Waals surface area contributed by atoms with E-state index in [1.807, 2.05) is 94.4 Å². The van der Waals surface area contributed by atoms with Gasteiger partial charge in [-0.1, -0.05) is 54.1 Å². The second kappa shape index (κ2) is 9.33. The Labute approximate surface area is 194 Å². The highest BCUT2D eigenvalue weighted by molar-refractivity contribution is 6.36. The van der Waals surface area contributed by atoms with E-state index in [0.717, 1.165) is 27.8 Å². The smallest absolute Gasteiger partial charge is 0.278 e. The molecule has 0 fully saturated rings. The lowest BCUT2D eigenvalue weighted by Crippen LogP contribution is -2.32. The summed E-state index contributed by atoms with van der Waals surface area (Å²) in [5, 5.41) is 3.21. The highest BCUT2D eigenvalue weighted by Gasteiger charge is 2.39. The van der Waals surface area contributed by atoms with Gasteiger partial charge < -0.3 is 10.1 Å². The third-order valence-electron chi connectivity index (χ3n) is 5.84. The minimum absolute atomic E-state index is 0.219. The molecule has 1 heterocycles. The molecular weight excluding hydrogens is 412 g/mol. The predicted octanol–water partition coefficient (Wildman–Crippen LogP) is 5.40. The van der Waals surface area contributed by atoms with Crippen LogP contribution in [0.4, 0.5) is 5.69 Å². The third-order valence-corrected chi connectivity index (χ3v) is 5.84. The molecule has 0 aromatic heterocycles. The number of benzene rings is 3. The summed E-state index contributed by atoms with van der Waals surface area (Å²) < 4.78 is 5.59.